The minimum atomic E-state index is -1.26. The minimum Gasteiger partial charge on any atom is -0.317 e. The van der Waals surface area contributed by atoms with Crippen LogP contribution in [0.1, 0.15) is 20.8 Å². The van der Waals surface area contributed by atoms with Gasteiger partial charge in [-0.15, -0.1) is 0 Å². The first-order valence-corrected chi connectivity index (χ1v) is 11.0. The van der Waals surface area contributed by atoms with Crippen LogP contribution in [0.25, 0.3) is 16.6 Å². The van der Waals surface area contributed by atoms with Crippen LogP contribution < -0.4 is 5.19 Å². The van der Waals surface area contributed by atoms with Crippen molar-refractivity contribution < 1.29 is 0 Å². The van der Waals surface area contributed by atoms with Crippen molar-refractivity contribution in [3.8, 4) is 5.69 Å². The van der Waals surface area contributed by atoms with Crippen LogP contribution in [0.5, 0.6) is 0 Å². The summed E-state index contributed by atoms with van der Waals surface area (Å²) in [6, 6.07) is 24.1. The summed E-state index contributed by atoms with van der Waals surface area (Å²) in [5.74, 6) is 0. The molecule has 0 amide bonds. The van der Waals surface area contributed by atoms with Gasteiger partial charge in [-0.1, -0.05) is 74.4 Å². The monoisotopic (exact) mass is 307 g/mol. The average Bonchev–Trinajstić information content (AvgIpc) is 3.02. The third-order valence-corrected chi connectivity index (χ3v) is 11.0. The third-order valence-electron chi connectivity index (χ3n) is 5.39. The molecule has 2 heteroatoms. The lowest BCUT2D eigenvalue weighted by atomic mass is 10.2. The average molecular weight is 308 g/mol. The number of fused-ring (bicyclic) bond motifs is 1. The molecule has 0 aliphatic rings. The van der Waals surface area contributed by atoms with Gasteiger partial charge in [-0.25, -0.2) is 0 Å². The van der Waals surface area contributed by atoms with Crippen molar-refractivity contribution in [3.05, 3.63) is 60.8 Å². The summed E-state index contributed by atoms with van der Waals surface area (Å²) in [6.07, 6.45) is 2.17. The van der Waals surface area contributed by atoms with Gasteiger partial charge in [-0.3, -0.25) is 0 Å². The fourth-order valence-corrected chi connectivity index (χ4v) is 7.24. The highest BCUT2D eigenvalue weighted by Gasteiger charge is 2.28. The highest BCUT2D eigenvalue weighted by atomic mass is 28.3. The van der Waals surface area contributed by atoms with Crippen LogP contribution in [-0.2, 0) is 0 Å². The molecule has 1 nitrogen and oxygen atoms in total. The molecule has 0 fully saturated rings. The summed E-state index contributed by atoms with van der Waals surface area (Å²) in [5, 5.41) is 2.91. The Labute approximate surface area is 134 Å². The highest BCUT2D eigenvalue weighted by molar-refractivity contribution is 6.91. The van der Waals surface area contributed by atoms with E-state index in [4.69, 9.17) is 0 Å². The Morgan fingerprint density at radius 3 is 2.05 bits per heavy atom. The molecule has 0 bridgehead atoms. The Bertz CT molecular complexity index is 742. The largest absolute Gasteiger partial charge is 0.317 e. The molecule has 114 valence electrons. The smallest absolute Gasteiger partial charge is 0.0859 e. The van der Waals surface area contributed by atoms with E-state index in [1.54, 1.807) is 5.19 Å². The van der Waals surface area contributed by atoms with Crippen LogP contribution in [0.3, 0.4) is 0 Å². The maximum Gasteiger partial charge on any atom is 0.0859 e. The molecule has 2 aromatic carbocycles. The van der Waals surface area contributed by atoms with Gasteiger partial charge in [0, 0.05) is 11.9 Å². The fourth-order valence-electron chi connectivity index (χ4n) is 3.65. The van der Waals surface area contributed by atoms with Crippen LogP contribution in [0.4, 0.5) is 0 Å². The maximum absolute atomic E-state index is 2.38. The molecule has 0 aliphatic carbocycles. The summed E-state index contributed by atoms with van der Waals surface area (Å²) in [5.41, 5.74) is 2.54. The zero-order chi connectivity index (χ0) is 15.6. The van der Waals surface area contributed by atoms with Crippen LogP contribution >= 0.6 is 0 Å². The molecule has 0 atom stereocenters. The number of para-hydroxylation sites is 1. The quantitative estimate of drug-likeness (QED) is 0.560. The SMILES string of the molecule is CC[Si](CC)(CC)c1ccc(-n2ccc3ccccc32)cc1. The van der Waals surface area contributed by atoms with Crippen molar-refractivity contribution in [1.29, 1.82) is 0 Å². The van der Waals surface area contributed by atoms with Gasteiger partial charge in [-0.2, -0.15) is 0 Å². The second-order valence-corrected chi connectivity index (χ2v) is 11.4. The first-order chi connectivity index (χ1) is 10.7. The van der Waals surface area contributed by atoms with Gasteiger partial charge >= 0.3 is 0 Å². The molecule has 0 unspecified atom stereocenters. The van der Waals surface area contributed by atoms with Crippen molar-refractivity contribution in [1.82, 2.24) is 4.57 Å². The van der Waals surface area contributed by atoms with Crippen LogP contribution in [0.15, 0.2) is 60.8 Å². The second kappa shape index (κ2) is 6.13. The lowest BCUT2D eigenvalue weighted by molar-refractivity contribution is 1.13. The molecule has 3 rings (SSSR count). The number of aromatic nitrogens is 1. The maximum atomic E-state index is 2.38. The van der Waals surface area contributed by atoms with Gasteiger partial charge in [0.25, 0.3) is 0 Å². The number of hydrogen-bond acceptors (Lipinski definition) is 0. The van der Waals surface area contributed by atoms with Crippen molar-refractivity contribution in [2.24, 2.45) is 0 Å². The zero-order valence-electron chi connectivity index (χ0n) is 13.8. The number of hydrogen-bond donors (Lipinski definition) is 0. The van der Waals surface area contributed by atoms with E-state index in [1.807, 2.05) is 0 Å². The van der Waals surface area contributed by atoms with Gasteiger partial charge in [0.2, 0.25) is 0 Å². The van der Waals surface area contributed by atoms with Gasteiger partial charge in [-0.05, 0) is 29.7 Å². The van der Waals surface area contributed by atoms with Crippen molar-refractivity contribution >= 4 is 24.2 Å². The molecule has 3 aromatic rings. The van der Waals surface area contributed by atoms with Gasteiger partial charge in [0.1, 0.15) is 0 Å². The Balaban J connectivity index is 2.01. The van der Waals surface area contributed by atoms with E-state index in [1.165, 1.54) is 34.7 Å². The standard InChI is InChI=1S/C20H25NSi/c1-4-22(5-2,6-3)19-13-11-18(12-14-19)21-16-15-17-9-7-8-10-20(17)21/h7-16H,4-6H2,1-3H3. The van der Waals surface area contributed by atoms with E-state index >= 15 is 0 Å². The molecular weight excluding hydrogens is 282 g/mol. The molecular formula is C20H25NSi. The third kappa shape index (κ3) is 2.42. The summed E-state index contributed by atoms with van der Waals surface area (Å²) >= 11 is 0. The van der Waals surface area contributed by atoms with E-state index < -0.39 is 8.07 Å². The molecule has 1 heterocycles. The molecule has 0 saturated carbocycles. The number of nitrogens with zero attached hydrogens (tertiary/aromatic N) is 1. The molecule has 22 heavy (non-hydrogen) atoms. The zero-order valence-corrected chi connectivity index (χ0v) is 14.8. The molecule has 0 N–H and O–H groups in total. The van der Waals surface area contributed by atoms with E-state index in [0.717, 1.165) is 0 Å². The molecule has 0 aliphatic heterocycles. The Hall–Kier alpha value is -1.80. The minimum absolute atomic E-state index is 1.26. The normalized spacial score (nSPS) is 12.0. The van der Waals surface area contributed by atoms with E-state index in [-0.39, 0.29) is 0 Å². The highest BCUT2D eigenvalue weighted by Crippen LogP contribution is 2.23. The Morgan fingerprint density at radius 1 is 0.773 bits per heavy atom. The van der Waals surface area contributed by atoms with E-state index in [2.05, 4.69) is 86.1 Å². The lowest BCUT2D eigenvalue weighted by Gasteiger charge is -2.28. The van der Waals surface area contributed by atoms with Gasteiger partial charge in [0.15, 0.2) is 0 Å². The summed E-state index contributed by atoms with van der Waals surface area (Å²) in [6.45, 7) is 7.10. The van der Waals surface area contributed by atoms with Crippen molar-refractivity contribution in [3.63, 3.8) is 0 Å². The van der Waals surface area contributed by atoms with Crippen LogP contribution in [0, 0.1) is 0 Å². The number of rotatable bonds is 5. The summed E-state index contributed by atoms with van der Waals surface area (Å²) in [4.78, 5) is 0. The summed E-state index contributed by atoms with van der Waals surface area (Å²) < 4.78 is 2.28. The topological polar surface area (TPSA) is 4.93 Å². The van der Waals surface area contributed by atoms with E-state index in [0.29, 0.717) is 0 Å². The first kappa shape index (κ1) is 15.1. The Morgan fingerprint density at radius 2 is 1.41 bits per heavy atom. The van der Waals surface area contributed by atoms with Crippen molar-refractivity contribution in [2.75, 3.05) is 0 Å². The lowest BCUT2D eigenvalue weighted by Crippen LogP contribution is -2.45. The van der Waals surface area contributed by atoms with Crippen LogP contribution in [-0.4, -0.2) is 12.6 Å². The number of benzene rings is 2. The van der Waals surface area contributed by atoms with Crippen molar-refractivity contribution in [2.45, 2.75) is 38.9 Å². The van der Waals surface area contributed by atoms with Gasteiger partial charge in [0.05, 0.1) is 13.6 Å². The molecule has 0 radical (unpaired) electrons. The second-order valence-electron chi connectivity index (χ2n) is 6.13. The molecule has 1 aromatic heterocycles. The molecule has 0 saturated heterocycles. The van der Waals surface area contributed by atoms with Crippen LogP contribution in [0.2, 0.25) is 18.1 Å². The Kier molecular flexibility index (Phi) is 4.21. The van der Waals surface area contributed by atoms with E-state index in [9.17, 15) is 0 Å². The molecule has 0 spiro atoms. The van der Waals surface area contributed by atoms with Gasteiger partial charge < -0.3 is 4.57 Å². The predicted molar refractivity (Wildman–Crippen MR) is 100 cm³/mol. The predicted octanol–water partition coefficient (Wildman–Crippen LogP) is 5.35. The summed E-state index contributed by atoms with van der Waals surface area (Å²) in [7, 11) is -1.26. The fraction of sp³-hybridized carbons (Fsp3) is 0.300. The first-order valence-electron chi connectivity index (χ1n) is 8.41.